The number of fused-ring (bicyclic) bond motifs is 10. The number of carboxylic acid groups (broad SMARTS) is 1. The van der Waals surface area contributed by atoms with Gasteiger partial charge in [-0.2, -0.15) is 0 Å². The summed E-state index contributed by atoms with van der Waals surface area (Å²) in [6, 6.07) is 19.2. The van der Waals surface area contributed by atoms with Gasteiger partial charge in [0.1, 0.15) is 12.3 Å². The van der Waals surface area contributed by atoms with E-state index < -0.39 is 11.9 Å². The van der Waals surface area contributed by atoms with Crippen LogP contribution in [-0.2, 0) is 33.5 Å². The van der Waals surface area contributed by atoms with Gasteiger partial charge in [0.2, 0.25) is 0 Å². The van der Waals surface area contributed by atoms with Crippen molar-refractivity contribution in [1.82, 2.24) is 28.9 Å². The molecule has 91 heavy (non-hydrogen) atoms. The van der Waals surface area contributed by atoms with E-state index in [2.05, 4.69) is 43.8 Å². The summed E-state index contributed by atoms with van der Waals surface area (Å²) in [5, 5.41) is 13.2. The van der Waals surface area contributed by atoms with Crippen LogP contribution in [-0.4, -0.2) is 121 Å². The van der Waals surface area contributed by atoms with E-state index in [9.17, 15) is 24.0 Å². The van der Waals surface area contributed by atoms with E-state index in [4.69, 9.17) is 29.2 Å². The van der Waals surface area contributed by atoms with E-state index in [-0.39, 0.29) is 127 Å². The summed E-state index contributed by atoms with van der Waals surface area (Å²) in [5.74, 6) is 5.97. The number of aromatic nitrogens is 4. The number of piperidine rings is 4. The van der Waals surface area contributed by atoms with Crippen LogP contribution in [0.1, 0.15) is 216 Å². The summed E-state index contributed by atoms with van der Waals surface area (Å²) in [4.78, 5) is 98.9. The van der Waals surface area contributed by atoms with Gasteiger partial charge in [-0.25, -0.2) is 15.9 Å². The zero-order valence-corrected chi connectivity index (χ0v) is 57.3. The first-order valence-corrected chi connectivity index (χ1v) is 33.5. The van der Waals surface area contributed by atoms with Gasteiger partial charge in [0, 0.05) is 67.1 Å². The first-order chi connectivity index (χ1) is 43.2. The summed E-state index contributed by atoms with van der Waals surface area (Å²) < 4.78 is 14.0. The first-order valence-electron chi connectivity index (χ1n) is 33.5. The molecule has 8 fully saturated rings. The fraction of sp³-hybridized carbons (Fsp3) is 0.643. The molecular formula is C70H98ClN8NaO11. The van der Waals surface area contributed by atoms with Crippen LogP contribution in [0.2, 0.25) is 0 Å². The van der Waals surface area contributed by atoms with Crippen molar-refractivity contribution < 1.29 is 73.0 Å². The smallest absolute Gasteiger partial charge is 0.550 e. The van der Waals surface area contributed by atoms with Crippen molar-refractivity contribution in [3.63, 3.8) is 0 Å². The SMILES string of the molecule is C=CCON.C=CCON=C(CCC(=O)OCC)c1nc2ccccc2n(C2C[C@H]3CCC[C@@H](C2)N3C2CC3CCCC(C3)C2)c1=O.CC(=O)[O-].CCOC(=O)CCC(=O)c1nc2ccccc2n(C2C[C@H]3CCC[C@@H](C2)N3C2CC3CCCC(C3)C2)c1=O.Cl.[Na+]. The number of carboxylic acids is 1. The fourth-order valence-electron chi connectivity index (χ4n) is 17.1. The second kappa shape index (κ2) is 36.0. The number of nitrogens with zero attached hydrogens (tertiary/aromatic N) is 7. The van der Waals surface area contributed by atoms with Gasteiger partial charge in [-0.05, 0) is 159 Å². The quantitative estimate of drug-likeness (QED) is 0.0179. The van der Waals surface area contributed by atoms with E-state index in [1.807, 2.05) is 57.7 Å². The largest absolute Gasteiger partial charge is 1.00 e. The monoisotopic (exact) mass is 1280 g/mol. The molecule has 0 radical (unpaired) electrons. The molecule has 4 aliphatic carbocycles. The Balaban J connectivity index is 0.000000224. The molecule has 6 heterocycles. The minimum atomic E-state index is -1.08. The molecule has 2 aromatic heterocycles. The molecule has 12 rings (SSSR count). The number of carbonyl (C=O) groups excluding carboxylic acids is 4. The van der Waals surface area contributed by atoms with E-state index in [1.54, 1.807) is 26.0 Å². The van der Waals surface area contributed by atoms with Crippen molar-refractivity contribution >= 4 is 63.9 Å². The number of aliphatic carboxylic acids is 1. The molecule has 4 aromatic rings. The summed E-state index contributed by atoms with van der Waals surface area (Å²) in [7, 11) is 0. The van der Waals surface area contributed by atoms with Crippen LogP contribution in [0.25, 0.3) is 22.1 Å². The van der Waals surface area contributed by atoms with Gasteiger partial charge in [-0.1, -0.05) is 99.5 Å². The molecule has 21 heteroatoms. The predicted octanol–water partition coefficient (Wildman–Crippen LogP) is 7.87. The van der Waals surface area contributed by atoms with E-state index >= 15 is 0 Å². The maximum absolute atomic E-state index is 14.4. The van der Waals surface area contributed by atoms with Crippen molar-refractivity contribution in [2.45, 2.75) is 236 Å². The molecule has 4 saturated carbocycles. The average Bonchev–Trinajstić information content (AvgIpc) is 0.767. The number of para-hydroxylation sites is 4. The second-order valence-corrected chi connectivity index (χ2v) is 26.2. The summed E-state index contributed by atoms with van der Waals surface area (Å²) in [5.41, 5.74) is 3.24. The number of ether oxygens (including phenoxy) is 2. The van der Waals surface area contributed by atoms with Crippen molar-refractivity contribution in [2.75, 3.05) is 26.4 Å². The summed E-state index contributed by atoms with van der Waals surface area (Å²) >= 11 is 0. The number of nitrogens with two attached hydrogens (primary N) is 1. The van der Waals surface area contributed by atoms with Crippen LogP contribution < -0.4 is 51.7 Å². The maximum Gasteiger partial charge on any atom is 1.00 e. The molecule has 8 aliphatic rings. The number of benzene rings is 2. The van der Waals surface area contributed by atoms with Crippen molar-refractivity contribution in [2.24, 2.45) is 34.7 Å². The molecule has 2 N–H and O–H groups in total. The molecule has 4 saturated heterocycles. The van der Waals surface area contributed by atoms with E-state index in [0.29, 0.717) is 60.7 Å². The van der Waals surface area contributed by atoms with Gasteiger partial charge in [0.25, 0.3) is 11.1 Å². The Hall–Kier alpha value is -5.12. The molecule has 4 aliphatic heterocycles. The Kier molecular flexibility index (Phi) is 29.0. The molecule has 0 amide bonds. The van der Waals surface area contributed by atoms with Gasteiger partial charge in [0.05, 0.1) is 54.7 Å². The number of Topliss-reactive ketones (excluding diaryl/α,β-unsaturated/α-hetero) is 1. The summed E-state index contributed by atoms with van der Waals surface area (Å²) in [6.45, 7) is 12.7. The number of hydrogen-bond acceptors (Lipinski definition) is 17. The first kappa shape index (κ1) is 73.3. The number of rotatable bonds is 19. The van der Waals surface area contributed by atoms with Gasteiger partial charge in [0.15, 0.2) is 17.2 Å². The molecule has 2 aromatic carbocycles. The second-order valence-electron chi connectivity index (χ2n) is 26.2. The minimum Gasteiger partial charge on any atom is -0.550 e. The number of halogens is 1. The van der Waals surface area contributed by atoms with E-state index in [1.165, 1.54) is 116 Å². The van der Waals surface area contributed by atoms with Crippen molar-refractivity contribution in [3.05, 3.63) is 106 Å². The molecule has 19 nitrogen and oxygen atoms in total. The normalized spacial score (nSPS) is 27.4. The van der Waals surface area contributed by atoms with Gasteiger partial charge < -0.3 is 38.2 Å². The zero-order chi connectivity index (χ0) is 63.0. The predicted molar refractivity (Wildman–Crippen MR) is 349 cm³/mol. The molecule has 6 unspecified atom stereocenters. The maximum atomic E-state index is 14.4. The number of esters is 2. The van der Waals surface area contributed by atoms with Crippen molar-refractivity contribution in [1.29, 1.82) is 0 Å². The minimum absolute atomic E-state index is 0. The summed E-state index contributed by atoms with van der Waals surface area (Å²) in [6.07, 6.45) is 31.4. The Morgan fingerprint density at radius 2 is 0.945 bits per heavy atom. The molecule has 0 spiro atoms. The van der Waals surface area contributed by atoms with Crippen LogP contribution in [0, 0.1) is 23.7 Å². The number of hydrogen-bond donors (Lipinski definition) is 1. The average molecular weight is 1290 g/mol. The molecule has 10 atom stereocenters. The van der Waals surface area contributed by atoms with Crippen LogP contribution >= 0.6 is 12.4 Å². The third-order valence-corrected chi connectivity index (χ3v) is 20.2. The van der Waals surface area contributed by atoms with Crippen LogP contribution in [0.3, 0.4) is 0 Å². The van der Waals surface area contributed by atoms with Crippen LogP contribution in [0.15, 0.2) is 88.6 Å². The van der Waals surface area contributed by atoms with Gasteiger partial charge in [-0.15, -0.1) is 19.0 Å². The number of ketones is 1. The Bertz CT molecular complexity index is 3190. The van der Waals surface area contributed by atoms with Crippen LogP contribution in [0.5, 0.6) is 0 Å². The fourth-order valence-corrected chi connectivity index (χ4v) is 17.1. The molecule has 8 bridgehead atoms. The molecule has 492 valence electrons. The standard InChI is InChI=1S/C34H46N4O4.C31H41N3O4.C3H7NO.C2H4O2.ClH.Na/c1-3-17-42-36-30(15-16-32(39)41-4-2)33-34(40)38(31-14-6-5-13-29(31)35-33)28-21-25-11-8-12-26(22-28)37(25)27-19-23-9-7-10-24(18-23)20-27;1-2-38-29(36)14-13-28(35)30-31(37)34(27-12-4-3-11-26(27)32-30)25-18-22-9-6-10-23(19-25)33(22)24-16-20-7-5-8-21(15-20)17-24;1-2-3-5-4;1-2(3)4;;/h3,5-6,13-14,23-28H,1,4,7-12,15-22H2,2H3;3-4,11-12,20-25H,2,5-10,13-19H2,1H3;2H,1,3-4H2;1H3,(H,3,4);1H;/q;;;;;+1/p-1/t23?,24?,25-,26+,27?,28?;20?,21?,22-,23+,24?,25?;;;;. The van der Waals surface area contributed by atoms with Gasteiger partial charge >= 0.3 is 41.5 Å². The Labute approximate surface area is 565 Å². The number of oxime groups is 1. The van der Waals surface area contributed by atoms with Crippen LogP contribution in [0.4, 0.5) is 0 Å². The topological polar surface area (TPSA) is 243 Å². The zero-order valence-electron chi connectivity index (χ0n) is 54.4. The Morgan fingerprint density at radius 1 is 0.560 bits per heavy atom. The molecular weight excluding hydrogens is 1190 g/mol. The number of carbonyl (C=O) groups is 4. The third-order valence-electron chi connectivity index (χ3n) is 20.2. The van der Waals surface area contributed by atoms with Gasteiger partial charge in [-0.3, -0.25) is 33.8 Å². The van der Waals surface area contributed by atoms with E-state index in [0.717, 1.165) is 72.8 Å². The third kappa shape index (κ3) is 18.8. The Morgan fingerprint density at radius 3 is 1.34 bits per heavy atom. The van der Waals surface area contributed by atoms with Crippen molar-refractivity contribution in [3.8, 4) is 0 Å².